The first-order chi connectivity index (χ1) is 13.3. The van der Waals surface area contributed by atoms with Crippen molar-refractivity contribution >= 4 is 29.0 Å². The van der Waals surface area contributed by atoms with Crippen LogP contribution in [-0.4, -0.2) is 59.1 Å². The molecule has 0 radical (unpaired) electrons. The number of thiocarbonyl (C=S) groups is 1. The molecule has 1 heterocycles. The van der Waals surface area contributed by atoms with Gasteiger partial charge in [0.2, 0.25) is 0 Å². The largest absolute Gasteiger partial charge is 0.442 e. The number of hydrogen-bond acceptors (Lipinski definition) is 5. The van der Waals surface area contributed by atoms with Crippen molar-refractivity contribution in [3.05, 3.63) is 29.6 Å². The molecular weight excluding hydrogens is 397 g/mol. The maximum absolute atomic E-state index is 14.6. The first kappa shape index (κ1) is 20.8. The van der Waals surface area contributed by atoms with Gasteiger partial charge in [-0.25, -0.2) is 18.0 Å². The molecule has 2 fully saturated rings. The highest BCUT2D eigenvalue weighted by Crippen LogP contribution is 2.36. The highest BCUT2D eigenvalue weighted by molar-refractivity contribution is 7.80. The van der Waals surface area contributed by atoms with Crippen LogP contribution in [0.3, 0.4) is 0 Å². The molecule has 4 atom stereocenters. The van der Waals surface area contributed by atoms with Gasteiger partial charge in [-0.15, -0.1) is 0 Å². The monoisotopic (exact) mass is 418 g/mol. The van der Waals surface area contributed by atoms with Crippen molar-refractivity contribution in [2.24, 2.45) is 0 Å². The number of nitrogens with zero attached hydrogens (tertiary/aromatic N) is 1. The first-order valence-corrected chi connectivity index (χ1v) is 9.36. The fourth-order valence-electron chi connectivity index (χ4n) is 3.56. The molecule has 1 aliphatic heterocycles. The molecule has 1 aromatic rings. The number of ether oxygens (including phenoxy) is 1. The van der Waals surface area contributed by atoms with Crippen LogP contribution in [0.25, 0.3) is 0 Å². The zero-order chi connectivity index (χ0) is 20.4. The molecule has 2 unspecified atom stereocenters. The summed E-state index contributed by atoms with van der Waals surface area (Å²) in [5.74, 6) is -0.732. The fourth-order valence-corrected chi connectivity index (χ4v) is 3.64. The second-order valence-corrected chi connectivity index (χ2v) is 7.45. The number of carbonyl (C=O) groups excluding carboxylic acids is 1. The molecule has 2 aliphatic rings. The summed E-state index contributed by atoms with van der Waals surface area (Å²) >= 11 is 4.48. The van der Waals surface area contributed by atoms with Crippen LogP contribution in [0.2, 0.25) is 0 Å². The topological polar surface area (TPSA) is 82.0 Å². The van der Waals surface area contributed by atoms with E-state index < -0.39 is 41.6 Å². The number of halogens is 3. The van der Waals surface area contributed by atoms with Gasteiger partial charge in [0.15, 0.2) is 0 Å². The van der Waals surface area contributed by atoms with Crippen molar-refractivity contribution in [3.63, 3.8) is 0 Å². The summed E-state index contributed by atoms with van der Waals surface area (Å²) in [7, 11) is 0. The van der Waals surface area contributed by atoms with E-state index in [1.54, 1.807) is 12.1 Å². The van der Waals surface area contributed by atoms with E-state index in [2.05, 4.69) is 17.5 Å². The lowest BCUT2D eigenvalue weighted by Gasteiger charge is -2.30. The third-order valence-electron chi connectivity index (χ3n) is 5.09. The quantitative estimate of drug-likeness (QED) is 0.637. The number of anilines is 1. The third kappa shape index (κ3) is 4.56. The Morgan fingerprint density at radius 1 is 1.32 bits per heavy atom. The lowest BCUT2D eigenvalue weighted by Crippen LogP contribution is -2.36. The average Bonchev–Trinajstić information content (AvgIpc) is 3.02. The molecule has 1 saturated heterocycles. The summed E-state index contributed by atoms with van der Waals surface area (Å²) in [5.41, 5.74) is 0.712. The Hall–Kier alpha value is -1.91. The van der Waals surface area contributed by atoms with E-state index in [1.165, 1.54) is 11.0 Å². The molecule has 0 aromatic heterocycles. The summed E-state index contributed by atoms with van der Waals surface area (Å²) in [5, 5.41) is 21.8. The van der Waals surface area contributed by atoms with Crippen LogP contribution in [0.5, 0.6) is 0 Å². The molecule has 3 rings (SSSR count). The van der Waals surface area contributed by atoms with Gasteiger partial charge in [-0.05, 0) is 42.9 Å². The van der Waals surface area contributed by atoms with Crippen molar-refractivity contribution < 1.29 is 32.9 Å². The Morgan fingerprint density at radius 2 is 2.07 bits per heavy atom. The number of nitrogens with one attached hydrogen (secondary N) is 1. The van der Waals surface area contributed by atoms with Crippen molar-refractivity contribution in [2.45, 2.75) is 49.9 Å². The van der Waals surface area contributed by atoms with Crippen LogP contribution in [0.15, 0.2) is 18.2 Å². The molecule has 3 N–H and O–H groups in total. The van der Waals surface area contributed by atoms with Gasteiger partial charge in [0, 0.05) is 0 Å². The maximum atomic E-state index is 14.6. The second-order valence-electron chi connectivity index (χ2n) is 7.01. The van der Waals surface area contributed by atoms with E-state index in [9.17, 15) is 28.2 Å². The predicted molar refractivity (Wildman–Crippen MR) is 99.2 cm³/mol. The van der Waals surface area contributed by atoms with Gasteiger partial charge in [0.1, 0.15) is 16.9 Å². The zero-order valence-electron chi connectivity index (χ0n) is 14.9. The highest BCUT2D eigenvalue weighted by Gasteiger charge is 2.34. The number of amides is 1. The van der Waals surface area contributed by atoms with E-state index in [1.807, 2.05) is 0 Å². The minimum absolute atomic E-state index is 0.0612. The first-order valence-electron chi connectivity index (χ1n) is 8.96. The summed E-state index contributed by atoms with van der Waals surface area (Å²) in [6.07, 6.45) is -4.65. The van der Waals surface area contributed by atoms with Gasteiger partial charge in [0.05, 0.1) is 31.0 Å². The summed E-state index contributed by atoms with van der Waals surface area (Å²) in [6, 6.07) is 4.36. The van der Waals surface area contributed by atoms with Crippen molar-refractivity contribution in [1.29, 1.82) is 0 Å². The lowest BCUT2D eigenvalue weighted by molar-refractivity contribution is -0.0152. The summed E-state index contributed by atoms with van der Waals surface area (Å²) in [4.78, 5) is 12.7. The van der Waals surface area contributed by atoms with Crippen LogP contribution in [-0.2, 0) is 4.74 Å². The van der Waals surface area contributed by atoms with Gasteiger partial charge in [-0.1, -0.05) is 18.3 Å². The lowest BCUT2D eigenvalue weighted by atomic mass is 9.81. The SMILES string of the molecule is O=C1O[C@@H](CNC(=S)C(F)F)CN1c1ccc(C2CCC(O)[C@@H](O)C2)c(F)c1. The molecule has 1 aromatic carbocycles. The average molecular weight is 418 g/mol. The molecule has 154 valence electrons. The van der Waals surface area contributed by atoms with Gasteiger partial charge < -0.3 is 20.3 Å². The number of hydrogen-bond donors (Lipinski definition) is 3. The third-order valence-corrected chi connectivity index (χ3v) is 5.42. The number of aliphatic hydroxyl groups is 2. The van der Waals surface area contributed by atoms with Crippen molar-refractivity contribution in [1.82, 2.24) is 5.32 Å². The van der Waals surface area contributed by atoms with Gasteiger partial charge in [-0.2, -0.15) is 0 Å². The smallest absolute Gasteiger partial charge is 0.414 e. The maximum Gasteiger partial charge on any atom is 0.414 e. The number of alkyl halides is 2. The van der Waals surface area contributed by atoms with Crippen LogP contribution in [0.4, 0.5) is 23.7 Å². The molecule has 0 bridgehead atoms. The minimum atomic E-state index is -2.79. The normalized spacial score (nSPS) is 27.8. The van der Waals surface area contributed by atoms with Crippen LogP contribution in [0.1, 0.15) is 30.7 Å². The fraction of sp³-hybridized carbons (Fsp3) is 0.556. The Kier molecular flexibility index (Phi) is 6.41. The minimum Gasteiger partial charge on any atom is -0.442 e. The Labute approximate surface area is 165 Å². The molecule has 28 heavy (non-hydrogen) atoms. The summed E-state index contributed by atoms with van der Waals surface area (Å²) in [6.45, 7) is 0.0130. The number of cyclic esters (lactones) is 1. The Morgan fingerprint density at radius 3 is 2.71 bits per heavy atom. The van der Waals surface area contributed by atoms with Crippen molar-refractivity contribution in [2.75, 3.05) is 18.0 Å². The highest BCUT2D eigenvalue weighted by atomic mass is 32.1. The number of aliphatic hydroxyl groups excluding tert-OH is 2. The van der Waals surface area contributed by atoms with E-state index >= 15 is 0 Å². The number of benzene rings is 1. The van der Waals surface area contributed by atoms with Gasteiger partial charge >= 0.3 is 6.09 Å². The molecule has 6 nitrogen and oxygen atoms in total. The molecule has 0 spiro atoms. The standard InChI is InChI=1S/C18H21F3N2O4S/c19-13-6-10(2-3-12(13)9-1-4-14(24)15(25)5-9)23-8-11(27-18(23)26)7-22-17(28)16(20)21/h2-3,6,9,11,14-16,24-25H,1,4-5,7-8H2,(H,22,28)/t9?,11-,14?,15-/m0/s1. The number of rotatable bonds is 5. The molecule has 1 amide bonds. The van der Waals surface area contributed by atoms with E-state index in [4.69, 9.17) is 4.74 Å². The Balaban J connectivity index is 1.65. The Bertz CT molecular complexity index is 752. The van der Waals surface area contributed by atoms with E-state index in [-0.39, 0.29) is 25.4 Å². The van der Waals surface area contributed by atoms with Gasteiger partial charge in [0.25, 0.3) is 6.43 Å². The van der Waals surface area contributed by atoms with Gasteiger partial charge in [-0.3, -0.25) is 4.90 Å². The molecule has 1 aliphatic carbocycles. The molecule has 10 heteroatoms. The number of carbonyl (C=O) groups is 1. The van der Waals surface area contributed by atoms with E-state index in [0.717, 1.165) is 0 Å². The van der Waals surface area contributed by atoms with Crippen LogP contribution >= 0.6 is 12.2 Å². The van der Waals surface area contributed by atoms with E-state index in [0.29, 0.717) is 24.1 Å². The zero-order valence-corrected chi connectivity index (χ0v) is 15.7. The van der Waals surface area contributed by atoms with Crippen molar-refractivity contribution in [3.8, 4) is 0 Å². The second kappa shape index (κ2) is 8.62. The van der Waals surface area contributed by atoms with Crippen LogP contribution in [0, 0.1) is 5.82 Å². The summed E-state index contributed by atoms with van der Waals surface area (Å²) < 4.78 is 44.6. The van der Waals surface area contributed by atoms with Crippen LogP contribution < -0.4 is 10.2 Å². The molecule has 1 saturated carbocycles. The predicted octanol–water partition coefficient (Wildman–Crippen LogP) is 2.32. The molecular formula is C18H21F3N2O4S.